The van der Waals surface area contributed by atoms with Crippen LogP contribution in [-0.4, -0.2) is 231 Å². The van der Waals surface area contributed by atoms with Gasteiger partial charge in [-0.1, -0.05) is 51.5 Å². The van der Waals surface area contributed by atoms with Crippen molar-refractivity contribution in [3.8, 4) is 0 Å². The molecular weight excluding hydrogens is 1070 g/mol. The summed E-state index contributed by atoms with van der Waals surface area (Å²) in [6, 6.07) is 0. The summed E-state index contributed by atoms with van der Waals surface area (Å²) in [4.78, 5) is 14.2. The lowest BCUT2D eigenvalue weighted by Crippen LogP contribution is -2.65. The summed E-state index contributed by atoms with van der Waals surface area (Å²) < 4.78 is 97.4. The summed E-state index contributed by atoms with van der Waals surface area (Å²) in [6.07, 6.45) is -20.2. The fraction of sp³-hybridized carbons (Fsp3) is 0.906. The summed E-state index contributed by atoms with van der Waals surface area (Å²) in [5.74, 6) is -0.666. The van der Waals surface area contributed by atoms with Gasteiger partial charge in [0, 0.05) is 18.4 Å². The van der Waals surface area contributed by atoms with E-state index in [1.165, 1.54) is 19.6 Å². The lowest BCUT2D eigenvalue weighted by Gasteiger charge is -2.64. The summed E-state index contributed by atoms with van der Waals surface area (Å²) in [7, 11) is -3.93. The highest BCUT2D eigenvalue weighted by Crippen LogP contribution is 2.76. The number of allylic oxidation sites excluding steroid dienone is 2. The molecule has 0 aromatic carbocycles. The number of carbonyl (C=O) groups excluding carboxylic acids is 1. The zero-order chi connectivity index (χ0) is 57.9. The highest BCUT2D eigenvalue weighted by molar-refractivity contribution is 7.80. The van der Waals surface area contributed by atoms with Gasteiger partial charge < -0.3 is 98.4 Å². The summed E-state index contributed by atoms with van der Waals surface area (Å²) >= 11 is 0. The van der Waals surface area contributed by atoms with E-state index in [0.717, 1.165) is 0 Å². The molecule has 9 aliphatic rings. The Hall–Kier alpha value is -1.94. The van der Waals surface area contributed by atoms with Crippen molar-refractivity contribution in [2.45, 2.75) is 234 Å². The monoisotopic (exact) mass is 1150 g/mol. The smallest absolute Gasteiger partial charge is 0.397 e. The molecule has 25 nitrogen and oxygen atoms in total. The van der Waals surface area contributed by atoms with Crippen LogP contribution in [0, 0.1) is 39.4 Å². The van der Waals surface area contributed by atoms with Crippen molar-refractivity contribution in [2.24, 2.45) is 39.4 Å². The number of hydrogen-bond acceptors (Lipinski definition) is 24. The Kier molecular flexibility index (Phi) is 17.3. The van der Waals surface area contributed by atoms with Gasteiger partial charge in [0.2, 0.25) is 0 Å². The Morgan fingerprint density at radius 3 is 2.06 bits per heavy atom. The molecule has 79 heavy (non-hydrogen) atoms. The van der Waals surface area contributed by atoms with Gasteiger partial charge in [-0.3, -0.25) is 9.35 Å². The molecule has 27 unspecified atom stereocenters. The molecule has 0 aromatic rings. The number of aliphatic hydroxyl groups is 10. The van der Waals surface area contributed by atoms with E-state index in [2.05, 4.69) is 33.8 Å². The lowest BCUT2D eigenvalue weighted by atomic mass is 9.40. The molecule has 0 amide bonds. The van der Waals surface area contributed by atoms with E-state index < -0.39 is 186 Å². The third kappa shape index (κ3) is 10.9. The van der Waals surface area contributed by atoms with Gasteiger partial charge in [-0.15, -0.1) is 0 Å². The van der Waals surface area contributed by atoms with Crippen LogP contribution < -0.4 is 0 Å². The van der Waals surface area contributed by atoms with Crippen LogP contribution in [0.15, 0.2) is 23.8 Å². The first-order chi connectivity index (χ1) is 36.7. The first kappa shape index (κ1) is 61.6. The second kappa shape index (κ2) is 22.2. The van der Waals surface area contributed by atoms with Crippen LogP contribution in [0.4, 0.5) is 0 Å². The topological polar surface area (TPSA) is 375 Å². The van der Waals surface area contributed by atoms with E-state index in [1.54, 1.807) is 32.9 Å². The van der Waals surface area contributed by atoms with E-state index in [1.807, 2.05) is 0 Å². The van der Waals surface area contributed by atoms with E-state index in [4.69, 9.17) is 51.6 Å². The number of hydrogen-bond donors (Lipinski definition) is 11. The molecule has 11 N–H and O–H groups in total. The van der Waals surface area contributed by atoms with Crippen molar-refractivity contribution in [3.05, 3.63) is 23.8 Å². The van der Waals surface area contributed by atoms with Crippen molar-refractivity contribution >= 4 is 16.4 Å². The molecule has 0 radical (unpaired) electrons. The van der Waals surface area contributed by atoms with Crippen molar-refractivity contribution in [1.82, 2.24) is 0 Å². The third-order valence-electron chi connectivity index (χ3n) is 19.7. The number of methoxy groups -OCH3 is 1. The molecular formula is C53H84O25S. The Morgan fingerprint density at radius 2 is 1.41 bits per heavy atom. The molecule has 5 aliphatic heterocycles. The van der Waals surface area contributed by atoms with Gasteiger partial charge in [-0.25, -0.2) is 4.18 Å². The summed E-state index contributed by atoms with van der Waals surface area (Å²) in [6.45, 7) is 13.4. The van der Waals surface area contributed by atoms with Crippen LogP contribution in [-0.2, 0) is 66.7 Å². The predicted octanol–water partition coefficient (Wildman–Crippen LogP) is -0.980. The second-order valence-electron chi connectivity index (χ2n) is 25.5. The average molecular weight is 1150 g/mol. The Bertz CT molecular complexity index is 2360. The van der Waals surface area contributed by atoms with Gasteiger partial charge >= 0.3 is 16.4 Å². The standard InChI is InChI=1S/C53H84O25S/c1-23-39(76-43-36(59)32(55)28(21-69-43)73-45-38(61)40(68-9)33(56)27(20-54)72-45)35(58)37(60)44(71-23)77-41-34(57)29(78-79(65,66)67)22-70-46(41)75-31-14-17-50(6)24-13-18-53-42(52(8,64)16-10-15-48(2,3)63)26(74-47(53)62)19-51(53,7)25(24)11-12-30(50)49(31,4)5/h10-11,15,23-24,26-46,54-61,63-64H,12-14,16-22H2,1-9H3,(H,65,66,67). The van der Waals surface area contributed by atoms with Crippen molar-refractivity contribution < 1.29 is 120 Å². The highest BCUT2D eigenvalue weighted by Gasteiger charge is 2.79. The van der Waals surface area contributed by atoms with E-state index in [0.29, 0.717) is 38.5 Å². The number of fused-ring (bicyclic) bond motifs is 5. The number of ether oxygens (including phenoxy) is 10. The molecule has 0 aromatic heterocycles. The molecule has 26 heteroatoms. The minimum absolute atomic E-state index is 0.00441. The zero-order valence-electron chi connectivity index (χ0n) is 46.1. The Morgan fingerprint density at radius 1 is 0.759 bits per heavy atom. The molecule has 3 saturated carbocycles. The molecule has 27 atom stereocenters. The average Bonchev–Trinajstić information content (AvgIpc) is 2.11. The van der Waals surface area contributed by atoms with Crippen molar-refractivity contribution in [2.75, 3.05) is 26.9 Å². The first-order valence-electron chi connectivity index (χ1n) is 27.5. The quantitative estimate of drug-likeness (QED) is 0.0503. The van der Waals surface area contributed by atoms with Gasteiger partial charge in [0.05, 0.1) is 48.6 Å². The summed E-state index contributed by atoms with van der Waals surface area (Å²) in [5, 5.41) is 110. The van der Waals surface area contributed by atoms with Crippen molar-refractivity contribution in [3.63, 3.8) is 0 Å². The lowest BCUT2D eigenvalue weighted by molar-refractivity contribution is -0.380. The van der Waals surface area contributed by atoms with Gasteiger partial charge in [0.25, 0.3) is 0 Å². The molecule has 9 rings (SSSR count). The van der Waals surface area contributed by atoms with Crippen LogP contribution >= 0.6 is 0 Å². The fourth-order valence-electron chi connectivity index (χ4n) is 15.8. The van der Waals surface area contributed by atoms with Gasteiger partial charge in [-0.05, 0) is 95.3 Å². The molecule has 5 saturated heterocycles. The number of esters is 1. The Balaban J connectivity index is 0.878. The van der Waals surface area contributed by atoms with E-state index in [9.17, 15) is 68.8 Å². The van der Waals surface area contributed by atoms with Gasteiger partial charge in [0.1, 0.15) is 85.5 Å². The molecule has 2 bridgehead atoms. The zero-order valence-corrected chi connectivity index (χ0v) is 46.9. The Labute approximate surface area is 459 Å². The van der Waals surface area contributed by atoms with Gasteiger partial charge in [-0.2, -0.15) is 8.42 Å². The maximum atomic E-state index is 14.2. The van der Waals surface area contributed by atoms with Crippen LogP contribution in [0.1, 0.15) is 100 Å². The number of aliphatic hydroxyl groups excluding tert-OH is 8. The first-order valence-corrected chi connectivity index (χ1v) is 28.9. The largest absolute Gasteiger partial charge is 0.461 e. The minimum atomic E-state index is -5.15. The van der Waals surface area contributed by atoms with Crippen LogP contribution in [0.25, 0.3) is 0 Å². The SMILES string of the molecule is COC1C(O)C(CO)OC(OC2COC(OC3C(C)OC(OC4C(OC5CCC6(C)C7CCC89C(=O)OC(CC8(C)C7=CCC6C5(C)C)C9C(C)(O)CC=CC(C)(C)O)OCC(OS(=O)(=O)O)C4O)C(O)C3O)C(O)C2O)C1O. The third-order valence-corrected chi connectivity index (χ3v) is 20.2. The van der Waals surface area contributed by atoms with Crippen LogP contribution in [0.5, 0.6) is 0 Å². The second-order valence-corrected chi connectivity index (χ2v) is 26.5. The predicted molar refractivity (Wildman–Crippen MR) is 268 cm³/mol. The maximum Gasteiger partial charge on any atom is 0.397 e. The number of carbonyl (C=O) groups is 1. The minimum Gasteiger partial charge on any atom is -0.461 e. The maximum absolute atomic E-state index is 14.2. The molecule has 5 heterocycles. The molecule has 4 aliphatic carbocycles. The van der Waals surface area contributed by atoms with Crippen LogP contribution in [0.2, 0.25) is 0 Å². The van der Waals surface area contributed by atoms with E-state index >= 15 is 0 Å². The molecule has 1 spiro atoms. The molecule has 8 fully saturated rings. The fourth-order valence-corrected chi connectivity index (χ4v) is 16.3. The number of rotatable bonds is 16. The summed E-state index contributed by atoms with van der Waals surface area (Å²) in [5.41, 5.74) is -3.60. The van der Waals surface area contributed by atoms with Gasteiger partial charge in [0.15, 0.2) is 25.2 Å². The molecule has 452 valence electrons. The highest BCUT2D eigenvalue weighted by atomic mass is 32.3. The van der Waals surface area contributed by atoms with E-state index in [-0.39, 0.29) is 29.6 Å². The normalized spacial score (nSPS) is 49.8. The van der Waals surface area contributed by atoms with Crippen LogP contribution in [0.3, 0.4) is 0 Å². The van der Waals surface area contributed by atoms with Crippen molar-refractivity contribution in [1.29, 1.82) is 0 Å².